The Morgan fingerprint density at radius 3 is 2.68 bits per heavy atom. The number of methoxy groups -OCH3 is 1. The number of carboxylic acid groups (broad SMARTS) is 1. The molecule has 104 valence electrons. The third kappa shape index (κ3) is 4.43. The topological polar surface area (TPSA) is 75.6 Å². The van der Waals surface area contributed by atoms with E-state index in [1.807, 2.05) is 0 Å². The molecule has 0 saturated heterocycles. The summed E-state index contributed by atoms with van der Waals surface area (Å²) in [5.74, 6) is -0.544. The number of hydrogen-bond acceptors (Lipinski definition) is 4. The van der Waals surface area contributed by atoms with Crippen LogP contribution in [0.4, 0.5) is 0 Å². The van der Waals surface area contributed by atoms with Crippen molar-refractivity contribution >= 4 is 40.4 Å². The lowest BCUT2D eigenvalue weighted by Crippen LogP contribution is -2.41. The van der Waals surface area contributed by atoms with E-state index in [0.29, 0.717) is 21.5 Å². The van der Waals surface area contributed by atoms with Crippen LogP contribution in [0.25, 0.3) is 0 Å². The van der Waals surface area contributed by atoms with E-state index in [2.05, 4.69) is 33.9 Å². The predicted molar refractivity (Wildman–Crippen MR) is 78.1 cm³/mol. The van der Waals surface area contributed by atoms with Crippen LogP contribution < -0.4 is 10.1 Å². The van der Waals surface area contributed by atoms with Crippen LogP contribution in [0.1, 0.15) is 16.8 Å². The molecule has 1 unspecified atom stereocenters. The van der Waals surface area contributed by atoms with E-state index in [9.17, 15) is 9.59 Å². The zero-order valence-electron chi connectivity index (χ0n) is 10.2. The van der Waals surface area contributed by atoms with Crippen molar-refractivity contribution in [3.8, 4) is 5.75 Å². The van der Waals surface area contributed by atoms with Gasteiger partial charge in [0.05, 0.1) is 11.6 Å². The lowest BCUT2D eigenvalue weighted by molar-refractivity contribution is -0.139. The van der Waals surface area contributed by atoms with Gasteiger partial charge in [-0.2, -0.15) is 12.6 Å². The van der Waals surface area contributed by atoms with Gasteiger partial charge in [0, 0.05) is 5.56 Å². The second kappa shape index (κ2) is 7.40. The van der Waals surface area contributed by atoms with Gasteiger partial charge < -0.3 is 15.2 Å². The molecule has 5 nitrogen and oxygen atoms in total. The second-order valence-electron chi connectivity index (χ2n) is 3.73. The zero-order chi connectivity index (χ0) is 14.4. The van der Waals surface area contributed by atoms with Crippen LogP contribution in [0.3, 0.4) is 0 Å². The van der Waals surface area contributed by atoms with Gasteiger partial charge in [-0.3, -0.25) is 4.79 Å². The number of thiol groups is 1. The number of nitrogens with one attached hydrogen (secondary N) is 1. The van der Waals surface area contributed by atoms with Crippen LogP contribution in [0.5, 0.6) is 5.75 Å². The molecule has 1 aromatic rings. The number of carbonyl (C=O) groups is 2. The fourth-order valence-electron chi connectivity index (χ4n) is 1.44. The van der Waals surface area contributed by atoms with Crippen molar-refractivity contribution in [2.45, 2.75) is 12.5 Å². The number of halogens is 1. The van der Waals surface area contributed by atoms with E-state index in [1.165, 1.54) is 7.11 Å². The molecular formula is C12H14BrNO4S. The average molecular weight is 348 g/mol. The molecule has 0 heterocycles. The van der Waals surface area contributed by atoms with E-state index >= 15 is 0 Å². The molecule has 7 heteroatoms. The lowest BCUT2D eigenvalue weighted by Gasteiger charge is -2.13. The summed E-state index contributed by atoms with van der Waals surface area (Å²) in [5, 5.41) is 11.4. The van der Waals surface area contributed by atoms with Crippen LogP contribution >= 0.6 is 28.6 Å². The minimum Gasteiger partial charge on any atom is -0.496 e. The van der Waals surface area contributed by atoms with Gasteiger partial charge in [-0.25, -0.2) is 4.79 Å². The van der Waals surface area contributed by atoms with Crippen molar-refractivity contribution in [2.75, 3.05) is 12.9 Å². The SMILES string of the molecule is COc1ccc(C(=O)NC(CCS)C(=O)O)cc1Br. The van der Waals surface area contributed by atoms with Crippen molar-refractivity contribution < 1.29 is 19.4 Å². The minimum atomic E-state index is -1.07. The maximum absolute atomic E-state index is 11.9. The van der Waals surface area contributed by atoms with Gasteiger partial charge in [0.1, 0.15) is 11.8 Å². The van der Waals surface area contributed by atoms with Gasteiger partial charge in [0.25, 0.3) is 5.91 Å². The summed E-state index contributed by atoms with van der Waals surface area (Å²) in [5.41, 5.74) is 0.359. The molecule has 0 aliphatic rings. The van der Waals surface area contributed by atoms with Crippen molar-refractivity contribution in [3.63, 3.8) is 0 Å². The molecule has 0 aliphatic heterocycles. The molecule has 0 aliphatic carbocycles. The first-order valence-corrected chi connectivity index (χ1v) is 6.90. The van der Waals surface area contributed by atoms with Gasteiger partial charge in [-0.05, 0) is 46.3 Å². The van der Waals surface area contributed by atoms with Crippen LogP contribution in [0.15, 0.2) is 22.7 Å². The molecule has 19 heavy (non-hydrogen) atoms. The molecule has 0 aromatic heterocycles. The molecular weight excluding hydrogens is 334 g/mol. The molecule has 2 N–H and O–H groups in total. The Kier molecular flexibility index (Phi) is 6.17. The third-order valence-corrected chi connectivity index (χ3v) is 3.31. The van der Waals surface area contributed by atoms with Crippen molar-refractivity contribution in [3.05, 3.63) is 28.2 Å². The molecule has 1 amide bonds. The highest BCUT2D eigenvalue weighted by atomic mass is 79.9. The third-order valence-electron chi connectivity index (χ3n) is 2.44. The summed E-state index contributed by atoms with van der Waals surface area (Å²) in [4.78, 5) is 22.9. The van der Waals surface area contributed by atoms with Gasteiger partial charge >= 0.3 is 5.97 Å². The van der Waals surface area contributed by atoms with E-state index in [0.717, 1.165) is 0 Å². The van der Waals surface area contributed by atoms with Crippen LogP contribution in [0, 0.1) is 0 Å². The van der Waals surface area contributed by atoms with Gasteiger partial charge in [0.2, 0.25) is 0 Å². The molecule has 0 saturated carbocycles. The van der Waals surface area contributed by atoms with Gasteiger partial charge in [-0.1, -0.05) is 0 Å². The number of amides is 1. The van der Waals surface area contributed by atoms with E-state index in [-0.39, 0.29) is 6.42 Å². The highest BCUT2D eigenvalue weighted by molar-refractivity contribution is 9.10. The highest BCUT2D eigenvalue weighted by Crippen LogP contribution is 2.25. The number of rotatable bonds is 6. The van der Waals surface area contributed by atoms with Crippen LogP contribution in [0.2, 0.25) is 0 Å². The first kappa shape index (κ1) is 15.8. The Bertz CT molecular complexity index is 481. The molecule has 1 aromatic carbocycles. The van der Waals surface area contributed by atoms with Crippen molar-refractivity contribution in [2.24, 2.45) is 0 Å². The van der Waals surface area contributed by atoms with E-state index < -0.39 is 17.9 Å². The number of carboxylic acids is 1. The van der Waals surface area contributed by atoms with Gasteiger partial charge in [-0.15, -0.1) is 0 Å². The monoisotopic (exact) mass is 347 g/mol. The quantitative estimate of drug-likeness (QED) is 0.687. The maximum atomic E-state index is 11.9. The number of hydrogen-bond donors (Lipinski definition) is 3. The first-order valence-electron chi connectivity index (χ1n) is 5.47. The Balaban J connectivity index is 2.82. The molecule has 0 radical (unpaired) electrons. The largest absolute Gasteiger partial charge is 0.496 e. The number of benzene rings is 1. The fourth-order valence-corrected chi connectivity index (χ4v) is 2.23. The first-order chi connectivity index (χ1) is 8.99. The predicted octanol–water partition coefficient (Wildman–Crippen LogP) is 1.96. The normalized spacial score (nSPS) is 11.7. The molecule has 0 spiro atoms. The summed E-state index contributed by atoms with van der Waals surface area (Å²) in [6.45, 7) is 0. The Morgan fingerprint density at radius 2 is 2.21 bits per heavy atom. The Hall–Kier alpha value is -1.21. The summed E-state index contributed by atoms with van der Waals surface area (Å²) in [6.07, 6.45) is 0.265. The summed E-state index contributed by atoms with van der Waals surface area (Å²) < 4.78 is 5.68. The number of aliphatic carboxylic acids is 1. The number of ether oxygens (including phenoxy) is 1. The molecule has 1 atom stereocenters. The second-order valence-corrected chi connectivity index (χ2v) is 5.03. The van der Waals surface area contributed by atoms with Crippen LogP contribution in [-0.4, -0.2) is 35.9 Å². The van der Waals surface area contributed by atoms with Crippen LogP contribution in [-0.2, 0) is 4.79 Å². The molecule has 0 bridgehead atoms. The lowest BCUT2D eigenvalue weighted by atomic mass is 10.1. The van der Waals surface area contributed by atoms with E-state index in [4.69, 9.17) is 9.84 Å². The van der Waals surface area contributed by atoms with Crippen molar-refractivity contribution in [1.29, 1.82) is 0 Å². The summed E-state index contributed by atoms with van der Waals surface area (Å²) in [7, 11) is 1.52. The molecule has 1 rings (SSSR count). The summed E-state index contributed by atoms with van der Waals surface area (Å²) >= 11 is 7.24. The minimum absolute atomic E-state index is 0.265. The highest BCUT2D eigenvalue weighted by Gasteiger charge is 2.20. The smallest absolute Gasteiger partial charge is 0.326 e. The Morgan fingerprint density at radius 1 is 1.53 bits per heavy atom. The zero-order valence-corrected chi connectivity index (χ0v) is 12.7. The maximum Gasteiger partial charge on any atom is 0.326 e. The fraction of sp³-hybridized carbons (Fsp3) is 0.333. The van der Waals surface area contributed by atoms with Crippen molar-refractivity contribution in [1.82, 2.24) is 5.32 Å². The van der Waals surface area contributed by atoms with Gasteiger partial charge in [0.15, 0.2) is 0 Å². The van der Waals surface area contributed by atoms with E-state index in [1.54, 1.807) is 18.2 Å². The average Bonchev–Trinajstić information content (AvgIpc) is 2.37. The number of carbonyl (C=O) groups excluding carboxylic acids is 1. The Labute approximate surface area is 124 Å². The summed E-state index contributed by atoms with van der Waals surface area (Å²) in [6, 6.07) is 3.84. The standard InChI is InChI=1S/C12H14BrNO4S/c1-18-10-3-2-7(6-8(10)13)11(15)14-9(4-5-19)12(16)17/h2-3,6,9,19H,4-5H2,1H3,(H,14,15)(H,16,17). The molecule has 0 fully saturated rings.